The number of rotatable bonds is 6. The van der Waals surface area contributed by atoms with Crippen LogP contribution in [0.3, 0.4) is 0 Å². The standard InChI is InChI=1S/C14H20BrNO/c1-4-6-12(5-2)16-13-7-11(9-17)10(3)14(15)8-13/h7-9,12,16H,4-6H2,1-3H3. The van der Waals surface area contributed by atoms with Crippen LogP contribution in [0.2, 0.25) is 0 Å². The molecule has 0 aliphatic rings. The summed E-state index contributed by atoms with van der Waals surface area (Å²) in [6.45, 7) is 6.31. The third-order valence-corrected chi connectivity index (χ3v) is 3.84. The van der Waals surface area contributed by atoms with E-state index in [0.717, 1.165) is 40.4 Å². The van der Waals surface area contributed by atoms with Crippen LogP contribution >= 0.6 is 15.9 Å². The van der Waals surface area contributed by atoms with Crippen molar-refractivity contribution in [2.24, 2.45) is 0 Å². The number of hydrogen-bond donors (Lipinski definition) is 1. The molecule has 1 aromatic carbocycles. The average molecular weight is 298 g/mol. The molecule has 1 rings (SSSR count). The van der Waals surface area contributed by atoms with Gasteiger partial charge in [-0.1, -0.05) is 36.2 Å². The molecule has 3 heteroatoms. The number of halogens is 1. The highest BCUT2D eigenvalue weighted by Gasteiger charge is 2.08. The van der Waals surface area contributed by atoms with Gasteiger partial charge >= 0.3 is 0 Å². The Bertz CT molecular complexity index is 390. The minimum absolute atomic E-state index is 0.481. The molecule has 0 saturated carbocycles. The fraction of sp³-hybridized carbons (Fsp3) is 0.500. The van der Waals surface area contributed by atoms with Crippen LogP contribution in [0.15, 0.2) is 16.6 Å². The number of anilines is 1. The van der Waals surface area contributed by atoms with Crippen LogP contribution in [0.4, 0.5) is 5.69 Å². The molecule has 2 nitrogen and oxygen atoms in total. The lowest BCUT2D eigenvalue weighted by Gasteiger charge is -2.18. The normalized spacial score (nSPS) is 12.2. The monoisotopic (exact) mass is 297 g/mol. The molecule has 0 radical (unpaired) electrons. The van der Waals surface area contributed by atoms with Crippen molar-refractivity contribution in [1.82, 2.24) is 0 Å². The van der Waals surface area contributed by atoms with E-state index in [1.807, 2.05) is 19.1 Å². The van der Waals surface area contributed by atoms with Crippen molar-refractivity contribution in [1.29, 1.82) is 0 Å². The molecule has 0 spiro atoms. The molecule has 0 saturated heterocycles. The molecule has 0 bridgehead atoms. The molecule has 0 fully saturated rings. The maximum atomic E-state index is 11.0. The summed E-state index contributed by atoms with van der Waals surface area (Å²) in [5, 5.41) is 3.48. The van der Waals surface area contributed by atoms with Crippen molar-refractivity contribution in [3.05, 3.63) is 27.7 Å². The van der Waals surface area contributed by atoms with E-state index in [-0.39, 0.29) is 0 Å². The summed E-state index contributed by atoms with van der Waals surface area (Å²) in [6.07, 6.45) is 4.32. The Morgan fingerprint density at radius 2 is 2.12 bits per heavy atom. The number of nitrogens with one attached hydrogen (secondary N) is 1. The van der Waals surface area contributed by atoms with Crippen molar-refractivity contribution >= 4 is 27.9 Å². The summed E-state index contributed by atoms with van der Waals surface area (Å²) in [4.78, 5) is 11.0. The van der Waals surface area contributed by atoms with Gasteiger partial charge in [-0.05, 0) is 37.5 Å². The lowest BCUT2D eigenvalue weighted by Crippen LogP contribution is -2.18. The van der Waals surface area contributed by atoms with Gasteiger partial charge in [-0.15, -0.1) is 0 Å². The molecule has 94 valence electrons. The Kier molecular flexibility index (Phi) is 5.69. The topological polar surface area (TPSA) is 29.1 Å². The predicted octanol–water partition coefficient (Wildman–Crippen LogP) is 4.56. The van der Waals surface area contributed by atoms with E-state index in [4.69, 9.17) is 0 Å². The molecular formula is C14H20BrNO. The maximum Gasteiger partial charge on any atom is 0.150 e. The summed E-state index contributed by atoms with van der Waals surface area (Å²) in [5.74, 6) is 0. The molecule has 1 unspecified atom stereocenters. The average Bonchev–Trinajstić information content (AvgIpc) is 2.32. The number of benzene rings is 1. The highest BCUT2D eigenvalue weighted by Crippen LogP contribution is 2.25. The van der Waals surface area contributed by atoms with Crippen LogP contribution in [0.25, 0.3) is 0 Å². The van der Waals surface area contributed by atoms with E-state index in [9.17, 15) is 4.79 Å². The van der Waals surface area contributed by atoms with Gasteiger partial charge in [-0.2, -0.15) is 0 Å². The van der Waals surface area contributed by atoms with Crippen LogP contribution in [-0.4, -0.2) is 12.3 Å². The van der Waals surface area contributed by atoms with Crippen molar-refractivity contribution in [3.8, 4) is 0 Å². The lowest BCUT2D eigenvalue weighted by atomic mass is 10.1. The van der Waals surface area contributed by atoms with Crippen LogP contribution in [0, 0.1) is 6.92 Å². The van der Waals surface area contributed by atoms with Crippen molar-refractivity contribution < 1.29 is 4.79 Å². The summed E-state index contributed by atoms with van der Waals surface area (Å²) >= 11 is 3.49. The first kappa shape index (κ1) is 14.2. The lowest BCUT2D eigenvalue weighted by molar-refractivity contribution is 0.112. The van der Waals surface area contributed by atoms with Gasteiger partial charge in [0.15, 0.2) is 0 Å². The van der Waals surface area contributed by atoms with Crippen LogP contribution in [-0.2, 0) is 0 Å². The van der Waals surface area contributed by atoms with E-state index in [1.165, 1.54) is 6.42 Å². The Labute approximate surface area is 112 Å². The van der Waals surface area contributed by atoms with Crippen LogP contribution in [0.1, 0.15) is 49.0 Å². The molecule has 0 heterocycles. The van der Waals surface area contributed by atoms with E-state index >= 15 is 0 Å². The van der Waals surface area contributed by atoms with Crippen molar-refractivity contribution in [3.63, 3.8) is 0 Å². The van der Waals surface area contributed by atoms with E-state index in [2.05, 4.69) is 35.1 Å². The maximum absolute atomic E-state index is 11.0. The van der Waals surface area contributed by atoms with Gasteiger partial charge < -0.3 is 5.32 Å². The fourth-order valence-corrected chi connectivity index (χ4v) is 2.34. The molecule has 0 aromatic heterocycles. The summed E-state index contributed by atoms with van der Waals surface area (Å²) in [7, 11) is 0. The zero-order valence-corrected chi connectivity index (χ0v) is 12.3. The van der Waals surface area contributed by atoms with Gasteiger partial charge in [0.2, 0.25) is 0 Å². The molecular weight excluding hydrogens is 278 g/mol. The highest BCUT2D eigenvalue weighted by molar-refractivity contribution is 9.10. The number of carbonyl (C=O) groups is 1. The first-order valence-electron chi connectivity index (χ1n) is 6.14. The minimum Gasteiger partial charge on any atom is -0.382 e. The second-order valence-corrected chi connectivity index (χ2v) is 5.18. The number of carbonyl (C=O) groups excluding carboxylic acids is 1. The third kappa shape index (κ3) is 3.84. The predicted molar refractivity (Wildman–Crippen MR) is 76.9 cm³/mol. The van der Waals surface area contributed by atoms with Crippen molar-refractivity contribution in [2.45, 2.75) is 46.1 Å². The zero-order chi connectivity index (χ0) is 12.8. The smallest absolute Gasteiger partial charge is 0.150 e. The summed E-state index contributed by atoms with van der Waals surface area (Å²) in [6, 6.07) is 4.45. The number of aldehydes is 1. The zero-order valence-electron chi connectivity index (χ0n) is 10.7. The van der Waals surface area contributed by atoms with Gasteiger partial charge in [0.1, 0.15) is 6.29 Å². The molecule has 1 N–H and O–H groups in total. The van der Waals surface area contributed by atoms with Gasteiger partial charge in [0.05, 0.1) is 0 Å². The summed E-state index contributed by atoms with van der Waals surface area (Å²) < 4.78 is 0.982. The second kappa shape index (κ2) is 6.80. The molecule has 17 heavy (non-hydrogen) atoms. The van der Waals surface area contributed by atoms with Gasteiger partial charge in [0.25, 0.3) is 0 Å². The molecule has 0 aliphatic heterocycles. The quantitative estimate of drug-likeness (QED) is 0.780. The Morgan fingerprint density at radius 1 is 1.41 bits per heavy atom. The minimum atomic E-state index is 0.481. The molecule has 0 aliphatic carbocycles. The SMILES string of the molecule is CCCC(CC)Nc1cc(Br)c(C)c(C=O)c1. The van der Waals surface area contributed by atoms with Crippen LogP contribution in [0.5, 0.6) is 0 Å². The molecule has 0 amide bonds. The third-order valence-electron chi connectivity index (χ3n) is 3.01. The summed E-state index contributed by atoms with van der Waals surface area (Å²) in [5.41, 5.74) is 2.76. The van der Waals surface area contributed by atoms with Gasteiger partial charge in [-0.3, -0.25) is 4.79 Å². The molecule has 1 atom stereocenters. The first-order chi connectivity index (χ1) is 8.12. The van der Waals surface area contributed by atoms with E-state index in [1.54, 1.807) is 0 Å². The van der Waals surface area contributed by atoms with Gasteiger partial charge in [0, 0.05) is 21.8 Å². The molecule has 1 aromatic rings. The fourth-order valence-electron chi connectivity index (χ4n) is 1.87. The number of hydrogen-bond acceptors (Lipinski definition) is 2. The Hall–Kier alpha value is -0.830. The van der Waals surface area contributed by atoms with E-state index < -0.39 is 0 Å². The van der Waals surface area contributed by atoms with Crippen molar-refractivity contribution in [2.75, 3.05) is 5.32 Å². The van der Waals surface area contributed by atoms with Gasteiger partial charge in [-0.25, -0.2) is 0 Å². The Morgan fingerprint density at radius 3 is 2.65 bits per heavy atom. The second-order valence-electron chi connectivity index (χ2n) is 4.33. The van der Waals surface area contributed by atoms with E-state index in [0.29, 0.717) is 6.04 Å². The largest absolute Gasteiger partial charge is 0.382 e. The highest BCUT2D eigenvalue weighted by atomic mass is 79.9. The first-order valence-corrected chi connectivity index (χ1v) is 6.93. The Balaban J connectivity index is 2.91. The van der Waals surface area contributed by atoms with Crippen LogP contribution < -0.4 is 5.32 Å².